The van der Waals surface area contributed by atoms with Crippen LogP contribution in [-0.4, -0.2) is 5.91 Å². The van der Waals surface area contributed by atoms with Gasteiger partial charge in [0.2, 0.25) is 5.91 Å². The number of nitrogen functional groups attached to an aromatic ring is 1. The molecule has 1 heterocycles. The number of thiophene rings is 1. The number of anilines is 2. The summed E-state index contributed by atoms with van der Waals surface area (Å²) in [6, 6.07) is 6.90. The smallest absolute Gasteiger partial charge is 0.398 e. The third-order valence-electron chi connectivity index (χ3n) is 2.56. The average molecular weight is 300 g/mol. The molecule has 3 nitrogen and oxygen atoms in total. The topological polar surface area (TPSA) is 55.1 Å². The standard InChI is InChI=1S/C13H11F3N2OS/c14-13(15,16)10-6-8(3-4-11(10)17)18-12(19)7-9-2-1-5-20-9/h1-6H,7,17H2,(H,18,19). The van der Waals surface area contributed by atoms with Gasteiger partial charge in [0.25, 0.3) is 0 Å². The van der Waals surface area contributed by atoms with Gasteiger partial charge in [-0.3, -0.25) is 4.79 Å². The summed E-state index contributed by atoms with van der Waals surface area (Å²) in [7, 11) is 0. The van der Waals surface area contributed by atoms with Gasteiger partial charge in [0, 0.05) is 16.3 Å². The monoisotopic (exact) mass is 300 g/mol. The molecule has 20 heavy (non-hydrogen) atoms. The molecule has 0 unspecified atom stereocenters. The number of halogens is 3. The number of nitrogens with two attached hydrogens (primary N) is 1. The van der Waals surface area contributed by atoms with Crippen molar-refractivity contribution in [3.05, 3.63) is 46.2 Å². The highest BCUT2D eigenvalue weighted by molar-refractivity contribution is 7.10. The largest absolute Gasteiger partial charge is 0.418 e. The zero-order valence-corrected chi connectivity index (χ0v) is 11.0. The van der Waals surface area contributed by atoms with Crippen LogP contribution in [-0.2, 0) is 17.4 Å². The van der Waals surface area contributed by atoms with E-state index < -0.39 is 11.7 Å². The first-order valence-corrected chi connectivity index (χ1v) is 6.53. The molecule has 0 saturated carbocycles. The Balaban J connectivity index is 2.12. The highest BCUT2D eigenvalue weighted by Gasteiger charge is 2.33. The molecule has 0 bridgehead atoms. The van der Waals surface area contributed by atoms with Crippen LogP contribution in [0.4, 0.5) is 24.5 Å². The number of alkyl halides is 3. The summed E-state index contributed by atoms with van der Waals surface area (Å²) >= 11 is 1.41. The molecule has 0 spiro atoms. The molecule has 0 aliphatic heterocycles. The van der Waals surface area contributed by atoms with Crippen LogP contribution < -0.4 is 11.1 Å². The van der Waals surface area contributed by atoms with Crippen molar-refractivity contribution >= 4 is 28.6 Å². The van der Waals surface area contributed by atoms with Gasteiger partial charge >= 0.3 is 6.18 Å². The Kier molecular flexibility index (Phi) is 3.99. The second kappa shape index (κ2) is 5.54. The van der Waals surface area contributed by atoms with E-state index >= 15 is 0 Å². The van der Waals surface area contributed by atoms with Crippen molar-refractivity contribution in [2.45, 2.75) is 12.6 Å². The molecule has 3 N–H and O–H groups in total. The van der Waals surface area contributed by atoms with Gasteiger partial charge in [0.05, 0.1) is 12.0 Å². The lowest BCUT2D eigenvalue weighted by Crippen LogP contribution is -2.15. The Morgan fingerprint density at radius 2 is 2.05 bits per heavy atom. The van der Waals surface area contributed by atoms with Crippen molar-refractivity contribution in [3.8, 4) is 0 Å². The lowest BCUT2D eigenvalue weighted by atomic mass is 10.1. The first-order valence-electron chi connectivity index (χ1n) is 5.65. The fourth-order valence-electron chi connectivity index (χ4n) is 1.66. The quantitative estimate of drug-likeness (QED) is 0.852. The maximum absolute atomic E-state index is 12.7. The van der Waals surface area contributed by atoms with Crippen LogP contribution in [0.3, 0.4) is 0 Å². The van der Waals surface area contributed by atoms with Crippen molar-refractivity contribution < 1.29 is 18.0 Å². The predicted molar refractivity (Wildman–Crippen MR) is 72.5 cm³/mol. The summed E-state index contributed by atoms with van der Waals surface area (Å²) in [4.78, 5) is 12.6. The summed E-state index contributed by atoms with van der Waals surface area (Å²) in [5.74, 6) is -0.370. The normalized spacial score (nSPS) is 11.3. The van der Waals surface area contributed by atoms with Crippen LogP contribution in [0.15, 0.2) is 35.7 Å². The van der Waals surface area contributed by atoms with E-state index in [4.69, 9.17) is 5.73 Å². The summed E-state index contributed by atoms with van der Waals surface area (Å²) < 4.78 is 38.0. The van der Waals surface area contributed by atoms with Crippen molar-refractivity contribution in [2.75, 3.05) is 11.1 Å². The molecule has 0 aliphatic carbocycles. The molecule has 0 radical (unpaired) electrons. The zero-order valence-electron chi connectivity index (χ0n) is 10.2. The molecule has 2 aromatic rings. The minimum absolute atomic E-state index is 0.0769. The third-order valence-corrected chi connectivity index (χ3v) is 3.43. The summed E-state index contributed by atoms with van der Waals surface area (Å²) in [6.45, 7) is 0. The van der Waals surface area contributed by atoms with E-state index in [-0.39, 0.29) is 23.7 Å². The highest BCUT2D eigenvalue weighted by atomic mass is 32.1. The Labute approximate surface area is 117 Å². The number of rotatable bonds is 3. The Hall–Kier alpha value is -2.02. The molecular formula is C13H11F3N2OS. The number of carbonyl (C=O) groups is 1. The summed E-state index contributed by atoms with van der Waals surface area (Å²) in [5.41, 5.74) is 4.04. The van der Waals surface area contributed by atoms with E-state index in [1.54, 1.807) is 12.1 Å². The van der Waals surface area contributed by atoms with Gasteiger partial charge in [-0.25, -0.2) is 0 Å². The molecule has 0 saturated heterocycles. The fourth-order valence-corrected chi connectivity index (χ4v) is 2.36. The van der Waals surface area contributed by atoms with Crippen LogP contribution >= 0.6 is 11.3 Å². The van der Waals surface area contributed by atoms with Crippen LogP contribution in [0.25, 0.3) is 0 Å². The molecule has 1 amide bonds. The molecule has 0 fully saturated rings. The van der Waals surface area contributed by atoms with E-state index in [9.17, 15) is 18.0 Å². The number of carbonyl (C=O) groups excluding carboxylic acids is 1. The van der Waals surface area contributed by atoms with Gasteiger partial charge < -0.3 is 11.1 Å². The van der Waals surface area contributed by atoms with E-state index in [0.717, 1.165) is 17.0 Å². The minimum atomic E-state index is -4.54. The molecule has 2 rings (SSSR count). The molecule has 7 heteroatoms. The van der Waals surface area contributed by atoms with Crippen LogP contribution in [0.2, 0.25) is 0 Å². The second-order valence-electron chi connectivity index (χ2n) is 4.10. The minimum Gasteiger partial charge on any atom is -0.398 e. The lowest BCUT2D eigenvalue weighted by Gasteiger charge is -2.12. The summed E-state index contributed by atoms with van der Waals surface area (Å²) in [6.07, 6.45) is -4.41. The lowest BCUT2D eigenvalue weighted by molar-refractivity contribution is -0.136. The van der Waals surface area contributed by atoms with Crippen molar-refractivity contribution in [2.24, 2.45) is 0 Å². The van der Waals surface area contributed by atoms with Gasteiger partial charge in [-0.2, -0.15) is 13.2 Å². The maximum atomic E-state index is 12.7. The van der Waals surface area contributed by atoms with E-state index in [2.05, 4.69) is 5.32 Å². The number of hydrogen-bond acceptors (Lipinski definition) is 3. The predicted octanol–water partition coefficient (Wildman–Crippen LogP) is 3.53. The van der Waals surface area contributed by atoms with Gasteiger partial charge in [0.15, 0.2) is 0 Å². The SMILES string of the molecule is Nc1ccc(NC(=O)Cc2cccs2)cc1C(F)(F)F. The Morgan fingerprint density at radius 3 is 2.65 bits per heavy atom. The van der Waals surface area contributed by atoms with Crippen LogP contribution in [0, 0.1) is 0 Å². The van der Waals surface area contributed by atoms with E-state index in [1.807, 2.05) is 5.38 Å². The van der Waals surface area contributed by atoms with Crippen LogP contribution in [0.5, 0.6) is 0 Å². The van der Waals surface area contributed by atoms with Crippen LogP contribution in [0.1, 0.15) is 10.4 Å². The maximum Gasteiger partial charge on any atom is 0.418 e. The van der Waals surface area contributed by atoms with Gasteiger partial charge in [-0.15, -0.1) is 11.3 Å². The summed E-state index contributed by atoms with van der Waals surface area (Å²) in [5, 5.41) is 4.26. The zero-order chi connectivity index (χ0) is 14.8. The fraction of sp³-hybridized carbons (Fsp3) is 0.154. The number of nitrogens with one attached hydrogen (secondary N) is 1. The van der Waals surface area contributed by atoms with Crippen molar-refractivity contribution in [3.63, 3.8) is 0 Å². The molecule has 1 aromatic carbocycles. The van der Waals surface area contributed by atoms with Gasteiger partial charge in [-0.1, -0.05) is 6.07 Å². The number of hydrogen-bond donors (Lipinski definition) is 2. The van der Waals surface area contributed by atoms with Crippen molar-refractivity contribution in [1.82, 2.24) is 0 Å². The number of amides is 1. The number of benzene rings is 1. The Bertz CT molecular complexity index is 609. The molecule has 0 aliphatic rings. The Morgan fingerprint density at radius 1 is 1.30 bits per heavy atom. The van der Waals surface area contributed by atoms with Crippen molar-refractivity contribution in [1.29, 1.82) is 0 Å². The molecule has 0 atom stereocenters. The van der Waals surface area contributed by atoms with E-state index in [1.165, 1.54) is 17.4 Å². The highest BCUT2D eigenvalue weighted by Crippen LogP contribution is 2.35. The first kappa shape index (κ1) is 14.4. The molecule has 1 aromatic heterocycles. The van der Waals surface area contributed by atoms with Gasteiger partial charge in [0.1, 0.15) is 0 Å². The molecule has 106 valence electrons. The van der Waals surface area contributed by atoms with E-state index in [0.29, 0.717) is 0 Å². The van der Waals surface area contributed by atoms with Gasteiger partial charge in [-0.05, 0) is 29.6 Å². The second-order valence-corrected chi connectivity index (χ2v) is 5.14. The first-order chi connectivity index (χ1) is 9.36. The third kappa shape index (κ3) is 3.51. The molecular weight excluding hydrogens is 289 g/mol. The average Bonchev–Trinajstić information content (AvgIpc) is 2.83.